The number of ether oxygens (including phenoxy) is 1. The van der Waals surface area contributed by atoms with Crippen LogP contribution in [0, 0.1) is 18.3 Å². The van der Waals surface area contributed by atoms with Gasteiger partial charge < -0.3 is 13.6 Å². The zero-order chi connectivity index (χ0) is 31.0. The maximum absolute atomic E-state index is 13.3. The van der Waals surface area contributed by atoms with E-state index in [2.05, 4.69) is 78.8 Å². The summed E-state index contributed by atoms with van der Waals surface area (Å²) in [6, 6.07) is 12.4. The fraction of sp³-hybridized carbons (Fsp3) is 0.633. The van der Waals surface area contributed by atoms with E-state index in [0.29, 0.717) is 5.56 Å². The Hall–Kier alpha value is -1.95. The number of rotatable bonds is 9. The summed E-state index contributed by atoms with van der Waals surface area (Å²) in [6.45, 7) is 23.7. The number of nitrogens with zero attached hydrogens (tertiary/aromatic N) is 2. The summed E-state index contributed by atoms with van der Waals surface area (Å²) in [4.78, 5) is 29.0. The Labute approximate surface area is 251 Å². The maximum atomic E-state index is 13.3. The van der Waals surface area contributed by atoms with E-state index >= 15 is 0 Å². The van der Waals surface area contributed by atoms with E-state index in [4.69, 9.17) is 13.6 Å². The second-order valence-electron chi connectivity index (χ2n) is 14.1. The lowest BCUT2D eigenvalue weighted by Gasteiger charge is -2.45. The summed E-state index contributed by atoms with van der Waals surface area (Å²) < 4.78 is 21.2. The van der Waals surface area contributed by atoms with E-state index in [1.807, 2.05) is 30.3 Å². The highest BCUT2D eigenvalue weighted by Crippen LogP contribution is 2.54. The Bertz CT molecular complexity index is 1370. The third-order valence-corrected chi connectivity index (χ3v) is 19.5. The van der Waals surface area contributed by atoms with E-state index in [9.17, 15) is 14.9 Å². The van der Waals surface area contributed by atoms with Crippen molar-refractivity contribution < 1.29 is 13.6 Å². The summed E-state index contributed by atoms with van der Waals surface area (Å²) in [5, 5.41) is 10.1. The Morgan fingerprint density at radius 1 is 1.05 bits per heavy atom. The van der Waals surface area contributed by atoms with Gasteiger partial charge in [-0.3, -0.25) is 14.3 Å². The second-order valence-corrected chi connectivity index (χ2v) is 25.1. The zero-order valence-corrected chi connectivity index (χ0v) is 29.3. The standard InChI is InChI=1S/C30H47N3O5SSi2/c1-21-19-33(27(35)32-25(21)34)26-24(38-41(10,11)29(5,6)7)30(17-18-31,39-22-15-13-12-14-16-22)23(37-26)20-36-40(8,9)28(2,3)4/h12-16,19,23-24,26H,17,20H2,1-11H3,(H,32,34,35)/t23-,24+,26-,30-/m1/s1. The van der Waals surface area contributed by atoms with Crippen molar-refractivity contribution in [2.75, 3.05) is 6.61 Å². The molecule has 226 valence electrons. The Kier molecular flexibility index (Phi) is 9.80. The van der Waals surface area contributed by atoms with E-state index < -0.39 is 51.1 Å². The molecule has 0 saturated carbocycles. The third kappa shape index (κ3) is 7.00. The Morgan fingerprint density at radius 2 is 1.63 bits per heavy atom. The lowest BCUT2D eigenvalue weighted by Crippen LogP contribution is -2.55. The molecule has 0 unspecified atom stereocenters. The number of aromatic amines is 1. The smallest absolute Gasteiger partial charge is 0.330 e. The van der Waals surface area contributed by atoms with Gasteiger partial charge in [0, 0.05) is 16.7 Å². The molecule has 11 heteroatoms. The third-order valence-electron chi connectivity index (χ3n) is 9.05. The summed E-state index contributed by atoms with van der Waals surface area (Å²) in [6.07, 6.45) is -0.463. The predicted octanol–water partition coefficient (Wildman–Crippen LogP) is 6.60. The molecule has 4 atom stereocenters. The molecule has 1 N–H and O–H groups in total. The van der Waals surface area contributed by atoms with E-state index in [-0.39, 0.29) is 23.1 Å². The second kappa shape index (κ2) is 12.0. The molecule has 0 amide bonds. The number of nitriles is 1. The predicted molar refractivity (Wildman–Crippen MR) is 170 cm³/mol. The molecule has 1 aromatic heterocycles. The van der Waals surface area contributed by atoms with Gasteiger partial charge in [-0.1, -0.05) is 59.7 Å². The number of hydrogen-bond acceptors (Lipinski definition) is 7. The van der Waals surface area contributed by atoms with Gasteiger partial charge in [0.25, 0.3) is 5.56 Å². The first-order valence-electron chi connectivity index (χ1n) is 14.2. The highest BCUT2D eigenvalue weighted by molar-refractivity contribution is 8.00. The number of H-pyrrole nitrogens is 1. The molecule has 8 nitrogen and oxygen atoms in total. The molecule has 0 spiro atoms. The van der Waals surface area contributed by atoms with Crippen LogP contribution in [0.1, 0.15) is 59.8 Å². The normalized spacial score (nSPS) is 23.9. The van der Waals surface area contributed by atoms with Gasteiger partial charge in [0.2, 0.25) is 0 Å². The Morgan fingerprint density at radius 3 is 2.17 bits per heavy atom. The van der Waals surface area contributed by atoms with Gasteiger partial charge in [0.05, 0.1) is 23.8 Å². The molecule has 41 heavy (non-hydrogen) atoms. The highest BCUT2D eigenvalue weighted by Gasteiger charge is 2.61. The number of aromatic nitrogens is 2. The first-order valence-corrected chi connectivity index (χ1v) is 20.8. The average Bonchev–Trinajstić information content (AvgIpc) is 3.11. The van der Waals surface area contributed by atoms with E-state index in [0.717, 1.165) is 4.90 Å². The molecule has 1 fully saturated rings. The molecule has 1 aliphatic rings. The van der Waals surface area contributed by atoms with Crippen molar-refractivity contribution in [1.29, 1.82) is 5.26 Å². The highest BCUT2D eigenvalue weighted by atomic mass is 32.2. The molecule has 2 heterocycles. The number of hydrogen-bond donors (Lipinski definition) is 1. The fourth-order valence-electron chi connectivity index (χ4n) is 4.30. The van der Waals surface area contributed by atoms with Crippen molar-refractivity contribution in [1.82, 2.24) is 9.55 Å². The largest absolute Gasteiger partial charge is 0.414 e. The molecule has 1 aliphatic heterocycles. The van der Waals surface area contributed by atoms with Crippen LogP contribution in [0.3, 0.4) is 0 Å². The first kappa shape index (κ1) is 33.6. The minimum atomic E-state index is -2.46. The van der Waals surface area contributed by atoms with Gasteiger partial charge in [-0.15, -0.1) is 11.8 Å². The number of nitrogens with one attached hydrogen (secondary N) is 1. The van der Waals surface area contributed by atoms with Crippen LogP contribution >= 0.6 is 11.8 Å². The van der Waals surface area contributed by atoms with Crippen molar-refractivity contribution in [2.45, 2.75) is 119 Å². The van der Waals surface area contributed by atoms with Crippen LogP contribution in [0.4, 0.5) is 0 Å². The Balaban J connectivity index is 2.27. The van der Waals surface area contributed by atoms with Gasteiger partial charge in [-0.05, 0) is 55.3 Å². The quantitative estimate of drug-likeness (QED) is 0.316. The first-order chi connectivity index (χ1) is 18.8. The molecule has 0 bridgehead atoms. The molecule has 0 radical (unpaired) electrons. The molecule has 3 rings (SSSR count). The summed E-state index contributed by atoms with van der Waals surface area (Å²) in [7, 11) is -4.66. The fourth-order valence-corrected chi connectivity index (χ4v) is 8.11. The van der Waals surface area contributed by atoms with Crippen molar-refractivity contribution in [3.63, 3.8) is 0 Å². The van der Waals surface area contributed by atoms with E-state index in [1.165, 1.54) is 10.8 Å². The monoisotopic (exact) mass is 617 g/mol. The van der Waals surface area contributed by atoms with Gasteiger partial charge in [0.1, 0.15) is 12.2 Å². The molecule has 2 aromatic rings. The lowest BCUT2D eigenvalue weighted by atomic mass is 9.93. The minimum Gasteiger partial charge on any atom is -0.414 e. The number of benzene rings is 1. The summed E-state index contributed by atoms with van der Waals surface area (Å²) in [5.74, 6) is 0. The van der Waals surface area contributed by atoms with Crippen LogP contribution in [0.5, 0.6) is 0 Å². The van der Waals surface area contributed by atoms with Crippen LogP contribution in [0.15, 0.2) is 51.0 Å². The summed E-state index contributed by atoms with van der Waals surface area (Å²) in [5.41, 5.74) is -0.622. The van der Waals surface area contributed by atoms with E-state index in [1.54, 1.807) is 18.7 Å². The molecule has 0 aliphatic carbocycles. The van der Waals surface area contributed by atoms with Crippen LogP contribution in [0.2, 0.25) is 36.3 Å². The van der Waals surface area contributed by atoms with Crippen LogP contribution in [-0.2, 0) is 13.6 Å². The minimum absolute atomic E-state index is 0.0283. The van der Waals surface area contributed by atoms with Gasteiger partial charge in [0.15, 0.2) is 22.9 Å². The van der Waals surface area contributed by atoms with Crippen molar-refractivity contribution in [3.8, 4) is 6.07 Å². The summed E-state index contributed by atoms with van der Waals surface area (Å²) >= 11 is 1.56. The molecule has 1 aromatic carbocycles. The van der Waals surface area contributed by atoms with Crippen molar-refractivity contribution in [3.05, 3.63) is 62.9 Å². The molecular weight excluding hydrogens is 571 g/mol. The van der Waals surface area contributed by atoms with Crippen LogP contribution < -0.4 is 11.2 Å². The van der Waals surface area contributed by atoms with Crippen LogP contribution in [-0.4, -0.2) is 49.7 Å². The van der Waals surface area contributed by atoms with Gasteiger partial charge in [-0.2, -0.15) is 5.26 Å². The SMILES string of the molecule is Cc1cn([C@@H]2O[C@H](CO[Si](C)(C)C(C)(C)C)[C@@](CC#N)(Sc3ccccc3)[C@H]2O[Si](C)(C)C(C)(C)C)c(=O)[nH]c1=O. The average molecular weight is 618 g/mol. The topological polar surface area (TPSA) is 106 Å². The van der Waals surface area contributed by atoms with Gasteiger partial charge in [-0.25, -0.2) is 4.79 Å². The van der Waals surface area contributed by atoms with Gasteiger partial charge >= 0.3 is 5.69 Å². The van der Waals surface area contributed by atoms with Crippen molar-refractivity contribution in [2.24, 2.45) is 0 Å². The van der Waals surface area contributed by atoms with Crippen molar-refractivity contribution >= 4 is 28.4 Å². The number of thioether (sulfide) groups is 1. The molecule has 1 saturated heterocycles. The maximum Gasteiger partial charge on any atom is 0.330 e. The number of aryl methyl sites for hydroxylation is 1. The molecular formula is C30H47N3O5SSi2. The van der Waals surface area contributed by atoms with Crippen LogP contribution in [0.25, 0.3) is 0 Å². The lowest BCUT2D eigenvalue weighted by molar-refractivity contribution is -0.0492. The zero-order valence-electron chi connectivity index (χ0n) is 26.5.